The third-order valence-electron chi connectivity index (χ3n) is 3.76. The van der Waals surface area contributed by atoms with Crippen LogP contribution in [-0.4, -0.2) is 41.6 Å². The smallest absolute Gasteiger partial charge is 0.311 e. The van der Waals surface area contributed by atoms with Gasteiger partial charge in [-0.25, -0.2) is 0 Å². The molecule has 0 spiro atoms. The molecule has 1 saturated heterocycles. The van der Waals surface area contributed by atoms with Crippen molar-refractivity contribution < 1.29 is 19.4 Å². The Morgan fingerprint density at radius 3 is 2.55 bits per heavy atom. The summed E-state index contributed by atoms with van der Waals surface area (Å²) in [4.78, 5) is 25.0. The maximum absolute atomic E-state index is 12.2. The van der Waals surface area contributed by atoms with E-state index in [0.29, 0.717) is 35.2 Å². The van der Waals surface area contributed by atoms with Crippen LogP contribution in [0.15, 0.2) is 18.2 Å². The number of rotatable bonds is 4. The number of carboxylic acid groups (broad SMARTS) is 1. The van der Waals surface area contributed by atoms with Crippen LogP contribution >= 0.6 is 23.2 Å². The maximum Gasteiger partial charge on any atom is 0.311 e. The van der Waals surface area contributed by atoms with Gasteiger partial charge in [0.25, 0.3) is 5.91 Å². The average molecular weight is 346 g/mol. The molecule has 1 fully saturated rings. The van der Waals surface area contributed by atoms with Crippen LogP contribution in [0.5, 0.6) is 5.75 Å². The number of carbonyl (C=O) groups is 2. The predicted molar refractivity (Wildman–Crippen MR) is 83.5 cm³/mol. The van der Waals surface area contributed by atoms with E-state index < -0.39 is 11.4 Å². The molecule has 1 aliphatic heterocycles. The Bertz CT molecular complexity index is 573. The normalized spacial score (nSPS) is 21.5. The summed E-state index contributed by atoms with van der Waals surface area (Å²) in [6, 6.07) is 4.71. The lowest BCUT2D eigenvalue weighted by Gasteiger charge is -2.37. The van der Waals surface area contributed by atoms with Gasteiger partial charge in [0.2, 0.25) is 0 Å². The van der Waals surface area contributed by atoms with Gasteiger partial charge >= 0.3 is 5.97 Å². The predicted octanol–water partition coefficient (Wildman–Crippen LogP) is 3.09. The van der Waals surface area contributed by atoms with Gasteiger partial charge in [-0.1, -0.05) is 23.2 Å². The van der Waals surface area contributed by atoms with Crippen molar-refractivity contribution in [2.45, 2.75) is 19.8 Å². The molecule has 0 aliphatic carbocycles. The monoisotopic (exact) mass is 345 g/mol. The first-order valence-corrected chi connectivity index (χ1v) is 7.66. The molecule has 0 bridgehead atoms. The maximum atomic E-state index is 12.2. The van der Waals surface area contributed by atoms with Gasteiger partial charge in [0.05, 0.1) is 5.41 Å². The summed E-state index contributed by atoms with van der Waals surface area (Å²) in [7, 11) is 0. The molecule has 0 radical (unpaired) electrons. The lowest BCUT2D eigenvalue weighted by atomic mass is 9.82. The molecule has 0 saturated carbocycles. The number of amides is 1. The van der Waals surface area contributed by atoms with Crippen molar-refractivity contribution >= 4 is 35.1 Å². The van der Waals surface area contributed by atoms with E-state index in [9.17, 15) is 14.7 Å². The third kappa shape index (κ3) is 4.05. The summed E-state index contributed by atoms with van der Waals surface area (Å²) in [5.74, 6) is -0.723. The highest BCUT2D eigenvalue weighted by Crippen LogP contribution is 2.30. The molecule has 22 heavy (non-hydrogen) atoms. The lowest BCUT2D eigenvalue weighted by molar-refractivity contribution is -0.153. The Morgan fingerprint density at radius 2 is 1.95 bits per heavy atom. The summed E-state index contributed by atoms with van der Waals surface area (Å²) in [6.45, 7) is 2.22. The summed E-state index contributed by atoms with van der Waals surface area (Å²) in [5, 5.41) is 10.1. The van der Waals surface area contributed by atoms with Crippen molar-refractivity contribution in [3.8, 4) is 5.75 Å². The number of nitrogens with zero attached hydrogens (tertiary/aromatic N) is 1. The number of hydrogen-bond donors (Lipinski definition) is 1. The van der Waals surface area contributed by atoms with Crippen molar-refractivity contribution in [3.05, 3.63) is 28.2 Å². The zero-order valence-electron chi connectivity index (χ0n) is 12.1. The number of piperidine rings is 1. The molecule has 120 valence electrons. The van der Waals surface area contributed by atoms with E-state index in [2.05, 4.69) is 0 Å². The van der Waals surface area contributed by atoms with Crippen LogP contribution < -0.4 is 4.74 Å². The first-order valence-electron chi connectivity index (χ1n) is 6.90. The molecule has 1 N–H and O–H groups in total. The van der Waals surface area contributed by atoms with Crippen LogP contribution in [0, 0.1) is 5.41 Å². The molecular weight excluding hydrogens is 329 g/mol. The van der Waals surface area contributed by atoms with E-state index in [4.69, 9.17) is 27.9 Å². The van der Waals surface area contributed by atoms with Gasteiger partial charge in [-0.15, -0.1) is 0 Å². The van der Waals surface area contributed by atoms with Crippen LogP contribution in [0.25, 0.3) is 0 Å². The molecule has 1 unspecified atom stereocenters. The average Bonchev–Trinajstić information content (AvgIpc) is 2.43. The van der Waals surface area contributed by atoms with Gasteiger partial charge < -0.3 is 14.7 Å². The van der Waals surface area contributed by atoms with E-state index in [-0.39, 0.29) is 19.1 Å². The quantitative estimate of drug-likeness (QED) is 0.910. The molecule has 1 amide bonds. The zero-order chi connectivity index (χ0) is 16.3. The van der Waals surface area contributed by atoms with E-state index in [1.807, 2.05) is 0 Å². The van der Waals surface area contributed by atoms with Gasteiger partial charge in [0.15, 0.2) is 6.61 Å². The van der Waals surface area contributed by atoms with Crippen molar-refractivity contribution in [3.63, 3.8) is 0 Å². The van der Waals surface area contributed by atoms with E-state index in [1.165, 1.54) is 4.90 Å². The van der Waals surface area contributed by atoms with E-state index in [1.54, 1.807) is 25.1 Å². The summed E-state index contributed by atoms with van der Waals surface area (Å²) in [5.41, 5.74) is -0.896. The van der Waals surface area contributed by atoms with Gasteiger partial charge in [-0.05, 0) is 38.0 Å². The SMILES string of the molecule is CC1(C(=O)O)CCCN(C(=O)COc2cc(Cl)cc(Cl)c2)C1. The van der Waals surface area contributed by atoms with E-state index in [0.717, 1.165) is 0 Å². The molecule has 1 aromatic carbocycles. The summed E-state index contributed by atoms with van der Waals surface area (Å²) >= 11 is 11.7. The van der Waals surface area contributed by atoms with Crippen molar-refractivity contribution in [1.82, 2.24) is 4.90 Å². The van der Waals surface area contributed by atoms with Gasteiger partial charge in [0.1, 0.15) is 5.75 Å². The topological polar surface area (TPSA) is 66.8 Å². The van der Waals surface area contributed by atoms with Crippen LogP contribution in [-0.2, 0) is 9.59 Å². The standard InChI is InChI=1S/C15H17Cl2NO4/c1-15(14(20)21)3-2-4-18(9-15)13(19)8-22-12-6-10(16)5-11(17)7-12/h5-7H,2-4,8-9H2,1H3,(H,20,21). The minimum Gasteiger partial charge on any atom is -0.484 e. The molecule has 7 heteroatoms. The Hall–Kier alpha value is -1.46. The first kappa shape index (κ1) is 16.9. The van der Waals surface area contributed by atoms with Crippen molar-refractivity contribution in [2.24, 2.45) is 5.41 Å². The second-order valence-electron chi connectivity index (χ2n) is 5.68. The second-order valence-corrected chi connectivity index (χ2v) is 6.55. The number of carboxylic acids is 1. The fraction of sp³-hybridized carbons (Fsp3) is 0.467. The van der Waals surface area contributed by atoms with Crippen LogP contribution in [0.1, 0.15) is 19.8 Å². The fourth-order valence-electron chi connectivity index (χ4n) is 2.48. The Kier molecular flexibility index (Phi) is 5.19. The van der Waals surface area contributed by atoms with Crippen molar-refractivity contribution in [1.29, 1.82) is 0 Å². The van der Waals surface area contributed by atoms with Gasteiger partial charge in [-0.3, -0.25) is 9.59 Å². The van der Waals surface area contributed by atoms with Crippen LogP contribution in [0.3, 0.4) is 0 Å². The minimum absolute atomic E-state index is 0.174. The van der Waals surface area contributed by atoms with Crippen LogP contribution in [0.4, 0.5) is 0 Å². The molecule has 5 nitrogen and oxygen atoms in total. The molecule has 0 aromatic heterocycles. The number of carbonyl (C=O) groups excluding carboxylic acids is 1. The number of halogens is 2. The molecular formula is C15H17Cl2NO4. The molecule has 1 aromatic rings. The lowest BCUT2D eigenvalue weighted by Crippen LogP contribution is -2.49. The number of benzene rings is 1. The second kappa shape index (κ2) is 6.75. The molecule has 2 rings (SSSR count). The highest BCUT2D eigenvalue weighted by molar-refractivity contribution is 6.34. The van der Waals surface area contributed by atoms with Gasteiger partial charge in [-0.2, -0.15) is 0 Å². The Morgan fingerprint density at radius 1 is 1.32 bits per heavy atom. The summed E-state index contributed by atoms with van der Waals surface area (Å²) in [6.07, 6.45) is 1.23. The van der Waals surface area contributed by atoms with Gasteiger partial charge in [0, 0.05) is 23.1 Å². The summed E-state index contributed by atoms with van der Waals surface area (Å²) < 4.78 is 5.40. The number of hydrogen-bond acceptors (Lipinski definition) is 3. The molecule has 1 atom stereocenters. The number of likely N-dealkylation sites (tertiary alicyclic amines) is 1. The number of ether oxygens (including phenoxy) is 1. The van der Waals surface area contributed by atoms with Crippen LogP contribution in [0.2, 0.25) is 10.0 Å². The first-order chi connectivity index (χ1) is 10.3. The van der Waals surface area contributed by atoms with E-state index >= 15 is 0 Å². The molecule has 1 aliphatic rings. The minimum atomic E-state index is -0.896. The Labute approximate surface area is 138 Å². The fourth-order valence-corrected chi connectivity index (χ4v) is 2.98. The van der Waals surface area contributed by atoms with Crippen molar-refractivity contribution in [2.75, 3.05) is 19.7 Å². The largest absolute Gasteiger partial charge is 0.484 e. The molecule has 1 heterocycles. The highest BCUT2D eigenvalue weighted by atomic mass is 35.5. The number of aliphatic carboxylic acids is 1. The third-order valence-corrected chi connectivity index (χ3v) is 4.20. The zero-order valence-corrected chi connectivity index (χ0v) is 13.7. The highest BCUT2D eigenvalue weighted by Gasteiger charge is 2.39. The Balaban J connectivity index is 1.96.